The van der Waals surface area contributed by atoms with Crippen LogP contribution in [0.5, 0.6) is 0 Å². The van der Waals surface area contributed by atoms with Crippen molar-refractivity contribution < 1.29 is 4.79 Å². The van der Waals surface area contributed by atoms with Crippen molar-refractivity contribution in [2.24, 2.45) is 5.92 Å². The van der Waals surface area contributed by atoms with Crippen LogP contribution in [0.4, 0.5) is 5.82 Å². The van der Waals surface area contributed by atoms with Crippen molar-refractivity contribution in [3.05, 3.63) is 42.4 Å². The highest BCUT2D eigenvalue weighted by atomic mass is 16.2. The van der Waals surface area contributed by atoms with Gasteiger partial charge in [0.2, 0.25) is 5.91 Å². The summed E-state index contributed by atoms with van der Waals surface area (Å²) >= 11 is 0. The van der Waals surface area contributed by atoms with Gasteiger partial charge in [0.05, 0.1) is 0 Å². The number of amides is 1. The smallest absolute Gasteiger partial charge is 0.228 e. The average Bonchev–Trinajstić information content (AvgIpc) is 3.29. The van der Waals surface area contributed by atoms with E-state index < -0.39 is 0 Å². The predicted molar refractivity (Wildman–Crippen MR) is 93.1 cm³/mol. The van der Waals surface area contributed by atoms with E-state index in [4.69, 9.17) is 0 Å². The zero-order chi connectivity index (χ0) is 17.1. The zero-order valence-corrected chi connectivity index (χ0v) is 14.0. The van der Waals surface area contributed by atoms with Crippen LogP contribution in [0.3, 0.4) is 0 Å². The third kappa shape index (κ3) is 3.87. The molecule has 2 fully saturated rings. The first-order valence-corrected chi connectivity index (χ1v) is 8.78. The fourth-order valence-electron chi connectivity index (χ4n) is 3.52. The van der Waals surface area contributed by atoms with E-state index in [2.05, 4.69) is 31.8 Å². The summed E-state index contributed by atoms with van der Waals surface area (Å²) in [4.78, 5) is 16.8. The fourth-order valence-corrected chi connectivity index (χ4v) is 3.52. The molecule has 2 aromatic heterocycles. The second kappa shape index (κ2) is 7.30. The van der Waals surface area contributed by atoms with Gasteiger partial charge in [-0.25, -0.2) is 10.9 Å². The van der Waals surface area contributed by atoms with Crippen molar-refractivity contribution in [3.63, 3.8) is 0 Å². The molecular formula is C17H23N7O. The summed E-state index contributed by atoms with van der Waals surface area (Å²) in [5, 5.41) is 7.40. The number of aromatic nitrogens is 3. The molecule has 4 N–H and O–H groups in total. The van der Waals surface area contributed by atoms with Crippen molar-refractivity contribution in [3.8, 4) is 0 Å². The SMILES string of the molecule is O=C(Nc1ccn(CCc2ccccn2)n1)C1CCC2NNNC2C1. The maximum absolute atomic E-state index is 12.5. The first kappa shape index (κ1) is 16.2. The average molecular weight is 341 g/mol. The quantitative estimate of drug-likeness (QED) is 0.636. The Kier molecular flexibility index (Phi) is 4.73. The summed E-state index contributed by atoms with van der Waals surface area (Å²) in [7, 11) is 0. The molecule has 1 saturated carbocycles. The van der Waals surface area contributed by atoms with Crippen molar-refractivity contribution in [2.75, 3.05) is 5.32 Å². The third-order valence-corrected chi connectivity index (χ3v) is 4.95. The minimum atomic E-state index is 0.0223. The normalized spacial score (nSPS) is 25.5. The Morgan fingerprint density at radius 2 is 2.16 bits per heavy atom. The maximum atomic E-state index is 12.5. The molecule has 1 amide bonds. The van der Waals surface area contributed by atoms with E-state index in [9.17, 15) is 4.79 Å². The zero-order valence-electron chi connectivity index (χ0n) is 14.0. The van der Waals surface area contributed by atoms with Crippen LogP contribution in [0.1, 0.15) is 25.0 Å². The van der Waals surface area contributed by atoms with E-state index in [1.54, 1.807) is 6.20 Å². The van der Waals surface area contributed by atoms with Crippen LogP contribution in [-0.4, -0.2) is 32.8 Å². The molecule has 1 saturated heterocycles. The molecule has 3 unspecified atom stereocenters. The van der Waals surface area contributed by atoms with Crippen molar-refractivity contribution in [1.82, 2.24) is 31.2 Å². The molecule has 0 radical (unpaired) electrons. The summed E-state index contributed by atoms with van der Waals surface area (Å²) in [6.07, 6.45) is 7.21. The van der Waals surface area contributed by atoms with Crippen molar-refractivity contribution in [1.29, 1.82) is 0 Å². The second-order valence-electron chi connectivity index (χ2n) is 6.66. The molecule has 0 aromatic carbocycles. The summed E-state index contributed by atoms with van der Waals surface area (Å²) in [5.41, 5.74) is 10.3. The number of hydrogen-bond donors (Lipinski definition) is 4. The number of rotatable bonds is 5. The monoisotopic (exact) mass is 341 g/mol. The molecule has 0 bridgehead atoms. The Labute approximate surface area is 146 Å². The van der Waals surface area contributed by atoms with E-state index in [0.717, 1.165) is 37.9 Å². The minimum absolute atomic E-state index is 0.0223. The highest BCUT2D eigenvalue weighted by molar-refractivity contribution is 5.91. The molecule has 4 rings (SSSR count). The molecule has 3 atom stereocenters. The Morgan fingerprint density at radius 1 is 1.24 bits per heavy atom. The van der Waals surface area contributed by atoms with Gasteiger partial charge in [0.25, 0.3) is 0 Å². The lowest BCUT2D eigenvalue weighted by Crippen LogP contribution is -2.42. The lowest BCUT2D eigenvalue weighted by Gasteiger charge is -2.29. The number of hydrazine groups is 2. The van der Waals surface area contributed by atoms with Crippen LogP contribution in [0, 0.1) is 5.92 Å². The topological polar surface area (TPSA) is 95.9 Å². The Balaban J connectivity index is 1.29. The van der Waals surface area contributed by atoms with Crippen LogP contribution in [0.25, 0.3) is 0 Å². The van der Waals surface area contributed by atoms with E-state index in [1.165, 1.54) is 0 Å². The number of nitrogens with one attached hydrogen (secondary N) is 4. The van der Waals surface area contributed by atoms with Gasteiger partial charge in [-0.05, 0) is 31.4 Å². The lowest BCUT2D eigenvalue weighted by atomic mass is 9.82. The van der Waals surface area contributed by atoms with Gasteiger partial charge in [-0.3, -0.25) is 14.5 Å². The van der Waals surface area contributed by atoms with Gasteiger partial charge in [0.15, 0.2) is 5.82 Å². The number of anilines is 1. The number of fused-ring (bicyclic) bond motifs is 1. The van der Waals surface area contributed by atoms with Gasteiger partial charge in [-0.15, -0.1) is 0 Å². The van der Waals surface area contributed by atoms with Gasteiger partial charge >= 0.3 is 0 Å². The highest BCUT2D eigenvalue weighted by Gasteiger charge is 2.36. The molecular weight excluding hydrogens is 318 g/mol. The van der Waals surface area contributed by atoms with Gasteiger partial charge in [-0.2, -0.15) is 10.6 Å². The number of aryl methyl sites for hydroxylation is 2. The van der Waals surface area contributed by atoms with Crippen LogP contribution in [0.2, 0.25) is 0 Å². The second-order valence-corrected chi connectivity index (χ2v) is 6.66. The van der Waals surface area contributed by atoms with Crippen LogP contribution >= 0.6 is 0 Å². The summed E-state index contributed by atoms with van der Waals surface area (Å²) < 4.78 is 1.84. The van der Waals surface area contributed by atoms with Crippen molar-refractivity contribution in [2.45, 2.75) is 44.3 Å². The molecule has 0 spiro atoms. The standard InChI is InChI=1S/C17H23N7O/c25-17(12-4-5-14-15(11-12)21-23-20-14)19-16-7-10-24(22-16)9-6-13-3-1-2-8-18-13/h1-3,7-8,10,12,14-15,20-21,23H,4-6,9,11H2,(H,19,22,25). The molecule has 1 aliphatic heterocycles. The number of hydrogen-bond acceptors (Lipinski definition) is 6. The summed E-state index contributed by atoms with van der Waals surface area (Å²) in [5.74, 6) is 0.694. The van der Waals surface area contributed by atoms with Gasteiger partial charge in [-0.1, -0.05) is 6.07 Å². The van der Waals surface area contributed by atoms with Gasteiger partial charge in [0.1, 0.15) is 0 Å². The highest BCUT2D eigenvalue weighted by Crippen LogP contribution is 2.26. The molecule has 3 heterocycles. The molecule has 8 nitrogen and oxygen atoms in total. The van der Waals surface area contributed by atoms with Crippen LogP contribution < -0.4 is 21.7 Å². The number of carbonyl (C=O) groups excluding carboxylic acids is 1. The predicted octanol–water partition coefficient (Wildman–Crippen LogP) is 0.609. The third-order valence-electron chi connectivity index (χ3n) is 4.95. The Bertz CT molecular complexity index is 717. The van der Waals surface area contributed by atoms with Gasteiger partial charge in [0, 0.05) is 55.1 Å². The van der Waals surface area contributed by atoms with E-state index >= 15 is 0 Å². The first-order valence-electron chi connectivity index (χ1n) is 8.78. The Hall–Kier alpha value is -2.29. The number of nitrogens with zero attached hydrogens (tertiary/aromatic N) is 3. The molecule has 2 aliphatic rings. The Morgan fingerprint density at radius 3 is 3.04 bits per heavy atom. The van der Waals surface area contributed by atoms with Gasteiger partial charge < -0.3 is 5.32 Å². The first-order chi connectivity index (χ1) is 12.3. The minimum Gasteiger partial charge on any atom is -0.309 e. The largest absolute Gasteiger partial charge is 0.309 e. The molecule has 8 heteroatoms. The summed E-state index contributed by atoms with van der Waals surface area (Å²) in [6, 6.07) is 8.46. The van der Waals surface area contributed by atoms with Crippen molar-refractivity contribution >= 4 is 11.7 Å². The fraction of sp³-hybridized carbons (Fsp3) is 0.471. The van der Waals surface area contributed by atoms with E-state index in [-0.39, 0.29) is 11.8 Å². The van der Waals surface area contributed by atoms with E-state index in [1.807, 2.05) is 35.1 Å². The number of carbonyl (C=O) groups is 1. The van der Waals surface area contributed by atoms with Crippen LogP contribution in [0.15, 0.2) is 36.7 Å². The molecule has 132 valence electrons. The maximum Gasteiger partial charge on any atom is 0.228 e. The van der Waals surface area contributed by atoms with Crippen LogP contribution in [-0.2, 0) is 17.8 Å². The number of pyridine rings is 1. The summed E-state index contributed by atoms with van der Waals surface area (Å²) in [6.45, 7) is 0.737. The van der Waals surface area contributed by atoms with E-state index in [0.29, 0.717) is 17.9 Å². The molecule has 2 aromatic rings. The molecule has 1 aliphatic carbocycles. The molecule has 25 heavy (non-hydrogen) atoms. The lowest BCUT2D eigenvalue weighted by molar-refractivity contribution is -0.121.